The fraction of sp³-hybridized carbons (Fsp3) is 0.167. The first kappa shape index (κ1) is 12.7. The van der Waals surface area contributed by atoms with E-state index in [1.807, 2.05) is 19.1 Å². The van der Waals surface area contributed by atoms with Crippen LogP contribution in [0.1, 0.15) is 16.1 Å². The number of carboxylic acids is 1. The van der Waals surface area contributed by atoms with E-state index in [2.05, 4.69) is 15.6 Å². The molecule has 0 unspecified atom stereocenters. The van der Waals surface area contributed by atoms with Gasteiger partial charge in [-0.2, -0.15) is 0 Å². The lowest BCUT2D eigenvalue weighted by Crippen LogP contribution is -2.22. The minimum absolute atomic E-state index is 0.126. The summed E-state index contributed by atoms with van der Waals surface area (Å²) in [4.78, 5) is 22.6. The monoisotopic (exact) mass is 260 g/mol. The van der Waals surface area contributed by atoms with Crippen molar-refractivity contribution in [2.75, 3.05) is 5.32 Å². The minimum Gasteiger partial charge on any atom is -0.476 e. The van der Waals surface area contributed by atoms with Gasteiger partial charge in [0.05, 0.1) is 6.20 Å². The van der Waals surface area contributed by atoms with Crippen LogP contribution in [-0.2, 0) is 11.3 Å². The fourth-order valence-corrected chi connectivity index (χ4v) is 1.51. The van der Waals surface area contributed by atoms with E-state index in [9.17, 15) is 9.59 Å². The summed E-state index contributed by atoms with van der Waals surface area (Å²) >= 11 is 0. The summed E-state index contributed by atoms with van der Waals surface area (Å²) in [6, 6.07) is 7.28. The topological polar surface area (TPSA) is 97.1 Å². The van der Waals surface area contributed by atoms with Gasteiger partial charge in [0.2, 0.25) is 5.91 Å². The van der Waals surface area contributed by atoms with Crippen molar-refractivity contribution < 1.29 is 14.7 Å². The summed E-state index contributed by atoms with van der Waals surface area (Å²) in [7, 11) is 0. The summed E-state index contributed by atoms with van der Waals surface area (Å²) < 4.78 is 1.03. The summed E-state index contributed by atoms with van der Waals surface area (Å²) in [6.45, 7) is 1.75. The highest BCUT2D eigenvalue weighted by atomic mass is 16.4. The number of rotatable bonds is 4. The van der Waals surface area contributed by atoms with Crippen molar-refractivity contribution >= 4 is 17.6 Å². The lowest BCUT2D eigenvalue weighted by molar-refractivity contribution is -0.116. The summed E-state index contributed by atoms with van der Waals surface area (Å²) in [5.41, 5.74) is 1.61. The van der Waals surface area contributed by atoms with E-state index in [4.69, 9.17) is 5.11 Å². The highest BCUT2D eigenvalue weighted by Crippen LogP contribution is 2.08. The van der Waals surface area contributed by atoms with E-state index < -0.39 is 5.97 Å². The maximum absolute atomic E-state index is 11.7. The number of aryl methyl sites for hydroxylation is 1. The van der Waals surface area contributed by atoms with Gasteiger partial charge in [0.1, 0.15) is 6.54 Å². The summed E-state index contributed by atoms with van der Waals surface area (Å²) in [5, 5.41) is 18.5. The maximum Gasteiger partial charge on any atom is 0.355 e. The lowest BCUT2D eigenvalue weighted by Gasteiger charge is -2.06. The predicted octanol–water partition coefficient (Wildman–Crippen LogP) is 0.923. The number of benzene rings is 1. The van der Waals surface area contributed by atoms with Gasteiger partial charge in [-0.25, -0.2) is 9.48 Å². The molecule has 7 nitrogen and oxygen atoms in total. The molecule has 0 saturated heterocycles. The Bertz CT molecular complexity index is 604. The average molecular weight is 260 g/mol. The molecule has 19 heavy (non-hydrogen) atoms. The normalized spacial score (nSPS) is 10.2. The van der Waals surface area contributed by atoms with Gasteiger partial charge in [0, 0.05) is 5.69 Å². The zero-order valence-electron chi connectivity index (χ0n) is 10.2. The van der Waals surface area contributed by atoms with Crippen LogP contribution in [0.25, 0.3) is 0 Å². The number of amides is 1. The Morgan fingerprint density at radius 3 is 2.63 bits per heavy atom. The van der Waals surface area contributed by atoms with Crippen LogP contribution in [0.4, 0.5) is 5.69 Å². The second-order valence-electron chi connectivity index (χ2n) is 4.00. The van der Waals surface area contributed by atoms with Crippen LogP contribution in [0.3, 0.4) is 0 Å². The standard InChI is InChI=1S/C12H12N4O3/c1-8-2-4-9(5-3-8)14-11(17)7-16-10(12(18)19)6-13-15-16/h2-6H,7H2,1H3,(H,14,17)(H,18,19). The molecule has 1 amide bonds. The minimum atomic E-state index is -1.17. The fourth-order valence-electron chi connectivity index (χ4n) is 1.51. The number of carbonyl (C=O) groups is 2. The molecule has 1 heterocycles. The van der Waals surface area contributed by atoms with Gasteiger partial charge in [-0.15, -0.1) is 5.10 Å². The molecule has 2 N–H and O–H groups in total. The molecule has 7 heteroatoms. The van der Waals surface area contributed by atoms with Crippen molar-refractivity contribution in [3.05, 3.63) is 41.7 Å². The molecule has 0 atom stereocenters. The van der Waals surface area contributed by atoms with E-state index in [-0.39, 0.29) is 18.1 Å². The molecule has 2 rings (SSSR count). The molecule has 0 aliphatic heterocycles. The Hall–Kier alpha value is -2.70. The number of aromatic carboxylic acids is 1. The summed E-state index contributed by atoms with van der Waals surface area (Å²) in [6.07, 6.45) is 1.10. The quantitative estimate of drug-likeness (QED) is 0.852. The third-order valence-electron chi connectivity index (χ3n) is 2.47. The average Bonchev–Trinajstić information content (AvgIpc) is 2.80. The highest BCUT2D eigenvalue weighted by molar-refractivity contribution is 5.91. The first-order valence-electron chi connectivity index (χ1n) is 5.54. The SMILES string of the molecule is Cc1ccc(NC(=O)Cn2nncc2C(=O)O)cc1. The molecule has 0 radical (unpaired) electrons. The number of hydrogen-bond donors (Lipinski definition) is 2. The third-order valence-corrected chi connectivity index (χ3v) is 2.47. The molecular formula is C12H12N4O3. The van der Waals surface area contributed by atoms with Gasteiger partial charge in [-0.05, 0) is 19.1 Å². The van der Waals surface area contributed by atoms with E-state index in [1.165, 1.54) is 0 Å². The molecule has 0 aliphatic rings. The number of aromatic nitrogens is 3. The lowest BCUT2D eigenvalue weighted by atomic mass is 10.2. The van der Waals surface area contributed by atoms with Crippen LogP contribution in [-0.4, -0.2) is 32.0 Å². The van der Waals surface area contributed by atoms with Crippen molar-refractivity contribution in [1.29, 1.82) is 0 Å². The second-order valence-corrected chi connectivity index (χ2v) is 4.00. The largest absolute Gasteiger partial charge is 0.476 e. The predicted molar refractivity (Wildman–Crippen MR) is 66.8 cm³/mol. The molecule has 2 aromatic rings. The molecule has 1 aromatic heterocycles. The van der Waals surface area contributed by atoms with Gasteiger partial charge in [0.25, 0.3) is 0 Å². The molecule has 98 valence electrons. The zero-order chi connectivity index (χ0) is 13.8. The van der Waals surface area contributed by atoms with E-state index in [0.29, 0.717) is 5.69 Å². The van der Waals surface area contributed by atoms with Gasteiger partial charge >= 0.3 is 5.97 Å². The molecule has 1 aromatic carbocycles. The van der Waals surface area contributed by atoms with Gasteiger partial charge in [-0.3, -0.25) is 4.79 Å². The first-order chi connectivity index (χ1) is 9.06. The molecular weight excluding hydrogens is 248 g/mol. The third kappa shape index (κ3) is 3.15. The molecule has 0 bridgehead atoms. The van der Waals surface area contributed by atoms with Gasteiger partial charge in [-0.1, -0.05) is 22.9 Å². The number of nitrogens with zero attached hydrogens (tertiary/aromatic N) is 3. The highest BCUT2D eigenvalue weighted by Gasteiger charge is 2.14. The van der Waals surface area contributed by atoms with Crippen molar-refractivity contribution in [1.82, 2.24) is 15.0 Å². The van der Waals surface area contributed by atoms with E-state index >= 15 is 0 Å². The number of carbonyl (C=O) groups excluding carboxylic acids is 1. The van der Waals surface area contributed by atoms with Crippen molar-refractivity contribution in [2.45, 2.75) is 13.5 Å². The molecule has 0 spiro atoms. The van der Waals surface area contributed by atoms with E-state index in [0.717, 1.165) is 16.4 Å². The molecule has 0 saturated carbocycles. The Labute approximate surface area is 108 Å². The van der Waals surface area contributed by atoms with Crippen LogP contribution < -0.4 is 5.32 Å². The number of carboxylic acid groups (broad SMARTS) is 1. The van der Waals surface area contributed by atoms with Crippen LogP contribution in [0.2, 0.25) is 0 Å². The molecule has 0 aliphatic carbocycles. The Balaban J connectivity index is 2.03. The molecule has 0 fully saturated rings. The maximum atomic E-state index is 11.7. The Morgan fingerprint density at radius 1 is 1.32 bits per heavy atom. The zero-order valence-corrected chi connectivity index (χ0v) is 10.2. The van der Waals surface area contributed by atoms with Gasteiger partial charge < -0.3 is 10.4 Å². The van der Waals surface area contributed by atoms with Crippen molar-refractivity contribution in [2.24, 2.45) is 0 Å². The smallest absolute Gasteiger partial charge is 0.355 e. The van der Waals surface area contributed by atoms with Crippen LogP contribution in [0, 0.1) is 6.92 Å². The number of hydrogen-bond acceptors (Lipinski definition) is 4. The first-order valence-corrected chi connectivity index (χ1v) is 5.54. The summed E-state index contributed by atoms with van der Waals surface area (Å²) in [5.74, 6) is -1.54. The van der Waals surface area contributed by atoms with Crippen LogP contribution in [0.15, 0.2) is 30.5 Å². The second kappa shape index (κ2) is 5.30. The number of nitrogens with one attached hydrogen (secondary N) is 1. The van der Waals surface area contributed by atoms with E-state index in [1.54, 1.807) is 12.1 Å². The number of anilines is 1. The van der Waals surface area contributed by atoms with Crippen molar-refractivity contribution in [3.8, 4) is 0 Å². The van der Waals surface area contributed by atoms with Crippen LogP contribution >= 0.6 is 0 Å². The van der Waals surface area contributed by atoms with Crippen LogP contribution in [0.5, 0.6) is 0 Å². The van der Waals surface area contributed by atoms with Gasteiger partial charge in [0.15, 0.2) is 5.69 Å². The van der Waals surface area contributed by atoms with Crippen molar-refractivity contribution in [3.63, 3.8) is 0 Å². The Morgan fingerprint density at radius 2 is 2.00 bits per heavy atom. The Kier molecular flexibility index (Phi) is 3.56.